The van der Waals surface area contributed by atoms with Gasteiger partial charge in [-0.1, -0.05) is 19.1 Å². The van der Waals surface area contributed by atoms with Gasteiger partial charge in [0.25, 0.3) is 0 Å². The van der Waals surface area contributed by atoms with Crippen molar-refractivity contribution in [3.63, 3.8) is 0 Å². The third-order valence-electron chi connectivity index (χ3n) is 3.37. The van der Waals surface area contributed by atoms with Gasteiger partial charge in [0.2, 0.25) is 0 Å². The second-order valence-corrected chi connectivity index (χ2v) is 5.93. The van der Waals surface area contributed by atoms with Crippen LogP contribution < -0.4 is 0 Å². The zero-order chi connectivity index (χ0) is 13.0. The Kier molecular flexibility index (Phi) is 4.55. The number of aromatic carboxylic acids is 1. The molecule has 1 aromatic heterocycles. The van der Waals surface area contributed by atoms with Gasteiger partial charge in [0.15, 0.2) is 0 Å². The average Bonchev–Trinajstić information content (AvgIpc) is 2.80. The number of carboxylic acids is 1. The number of hydrogen-bond donors (Lipinski definition) is 1. The first-order chi connectivity index (χ1) is 8.66. The van der Waals surface area contributed by atoms with Crippen molar-refractivity contribution in [3.05, 3.63) is 34.0 Å². The summed E-state index contributed by atoms with van der Waals surface area (Å²) in [5.74, 6) is 0.402. The maximum atomic E-state index is 10.7. The molecule has 2 unspecified atom stereocenters. The van der Waals surface area contributed by atoms with Crippen LogP contribution in [0.1, 0.15) is 34.3 Å². The third kappa shape index (κ3) is 3.43. The van der Waals surface area contributed by atoms with Crippen LogP contribution >= 0.6 is 11.3 Å². The minimum Gasteiger partial charge on any atom is -0.477 e. The highest BCUT2D eigenvalue weighted by molar-refractivity contribution is 7.13. The van der Waals surface area contributed by atoms with Crippen molar-refractivity contribution < 1.29 is 14.6 Å². The zero-order valence-corrected chi connectivity index (χ0v) is 11.3. The van der Waals surface area contributed by atoms with E-state index in [4.69, 9.17) is 9.84 Å². The molecular weight excluding hydrogens is 248 g/mol. The summed E-state index contributed by atoms with van der Waals surface area (Å²) in [6.07, 6.45) is 6.68. The largest absolute Gasteiger partial charge is 0.477 e. The normalized spacial score (nSPS) is 23.2. The quantitative estimate of drug-likeness (QED) is 0.829. The lowest BCUT2D eigenvalue weighted by molar-refractivity contribution is 0.0695. The monoisotopic (exact) mass is 266 g/mol. The average molecular weight is 266 g/mol. The van der Waals surface area contributed by atoms with Crippen molar-refractivity contribution in [2.45, 2.75) is 26.4 Å². The Morgan fingerprint density at radius 3 is 2.89 bits per heavy atom. The van der Waals surface area contributed by atoms with E-state index in [1.54, 1.807) is 6.07 Å². The Labute approximate surface area is 111 Å². The summed E-state index contributed by atoms with van der Waals surface area (Å²) in [7, 11) is 0. The molecule has 0 saturated heterocycles. The number of hydrogen-bond acceptors (Lipinski definition) is 3. The Hall–Kier alpha value is -1.13. The molecule has 0 amide bonds. The molecule has 3 nitrogen and oxygen atoms in total. The first kappa shape index (κ1) is 13.3. The molecule has 0 radical (unpaired) electrons. The van der Waals surface area contributed by atoms with Crippen LogP contribution in [0.3, 0.4) is 0 Å². The van der Waals surface area contributed by atoms with E-state index in [-0.39, 0.29) is 0 Å². The summed E-state index contributed by atoms with van der Waals surface area (Å²) in [6.45, 7) is 3.53. The second-order valence-electron chi connectivity index (χ2n) is 4.77. The summed E-state index contributed by atoms with van der Waals surface area (Å²) < 4.78 is 5.71. The number of carboxylic acid groups (broad SMARTS) is 1. The van der Waals surface area contributed by atoms with Gasteiger partial charge in [0, 0.05) is 4.88 Å². The molecule has 98 valence electrons. The maximum Gasteiger partial charge on any atom is 0.345 e. The molecule has 1 aromatic rings. The Morgan fingerprint density at radius 1 is 1.44 bits per heavy atom. The van der Waals surface area contributed by atoms with Gasteiger partial charge in [-0.2, -0.15) is 0 Å². The smallest absolute Gasteiger partial charge is 0.345 e. The molecule has 1 heterocycles. The van der Waals surface area contributed by atoms with E-state index in [1.807, 2.05) is 6.07 Å². The maximum absolute atomic E-state index is 10.7. The van der Waals surface area contributed by atoms with Crippen LogP contribution in [-0.4, -0.2) is 17.7 Å². The number of rotatable bonds is 5. The van der Waals surface area contributed by atoms with Crippen molar-refractivity contribution in [1.82, 2.24) is 0 Å². The number of carbonyl (C=O) groups is 1. The number of ether oxygens (including phenoxy) is 1. The van der Waals surface area contributed by atoms with Crippen LogP contribution in [0.5, 0.6) is 0 Å². The van der Waals surface area contributed by atoms with E-state index >= 15 is 0 Å². The molecule has 18 heavy (non-hydrogen) atoms. The summed E-state index contributed by atoms with van der Waals surface area (Å²) in [5.41, 5.74) is 0. The molecule has 0 aliphatic heterocycles. The van der Waals surface area contributed by atoms with Crippen LogP contribution in [0.4, 0.5) is 0 Å². The van der Waals surface area contributed by atoms with Crippen LogP contribution in [0.2, 0.25) is 0 Å². The van der Waals surface area contributed by atoms with E-state index in [9.17, 15) is 4.79 Å². The molecule has 1 aliphatic rings. The summed E-state index contributed by atoms with van der Waals surface area (Å²) >= 11 is 1.29. The van der Waals surface area contributed by atoms with Crippen molar-refractivity contribution in [1.29, 1.82) is 0 Å². The summed E-state index contributed by atoms with van der Waals surface area (Å²) in [6, 6.07) is 3.47. The van der Waals surface area contributed by atoms with E-state index in [1.165, 1.54) is 11.3 Å². The summed E-state index contributed by atoms with van der Waals surface area (Å²) in [5, 5.41) is 8.82. The topological polar surface area (TPSA) is 46.5 Å². The first-order valence-electron chi connectivity index (χ1n) is 6.21. The van der Waals surface area contributed by atoms with E-state index in [0.717, 1.165) is 24.3 Å². The van der Waals surface area contributed by atoms with Crippen molar-refractivity contribution in [2.24, 2.45) is 11.8 Å². The zero-order valence-electron chi connectivity index (χ0n) is 10.5. The Morgan fingerprint density at radius 2 is 2.22 bits per heavy atom. The Balaban J connectivity index is 1.77. The molecular formula is C14H18O3S. The highest BCUT2D eigenvalue weighted by atomic mass is 32.1. The molecule has 2 atom stereocenters. The lowest BCUT2D eigenvalue weighted by atomic mass is 9.85. The molecule has 2 rings (SSSR count). The molecule has 0 saturated carbocycles. The van der Waals surface area contributed by atoms with Crippen LogP contribution in [0.15, 0.2) is 24.3 Å². The fourth-order valence-electron chi connectivity index (χ4n) is 2.12. The molecule has 0 fully saturated rings. The molecule has 0 bridgehead atoms. The van der Waals surface area contributed by atoms with Gasteiger partial charge in [-0.3, -0.25) is 0 Å². The number of thiophene rings is 1. The van der Waals surface area contributed by atoms with E-state index in [2.05, 4.69) is 19.1 Å². The van der Waals surface area contributed by atoms with Crippen molar-refractivity contribution >= 4 is 17.3 Å². The fraction of sp³-hybridized carbons (Fsp3) is 0.500. The van der Waals surface area contributed by atoms with Gasteiger partial charge in [0.05, 0.1) is 13.2 Å². The summed E-state index contributed by atoms with van der Waals surface area (Å²) in [4.78, 5) is 12.1. The highest BCUT2D eigenvalue weighted by Gasteiger charge is 2.18. The molecule has 0 aromatic carbocycles. The standard InChI is InChI=1S/C14H18O3S/c1-10-4-2-3-5-11(10)8-17-9-12-6-7-13(18-12)14(15)16/h2-3,6-7,10-11H,4-5,8-9H2,1H3,(H,15,16). The molecule has 1 N–H and O–H groups in total. The predicted molar refractivity (Wildman–Crippen MR) is 72.0 cm³/mol. The highest BCUT2D eigenvalue weighted by Crippen LogP contribution is 2.25. The third-order valence-corrected chi connectivity index (χ3v) is 4.41. The van der Waals surface area contributed by atoms with Crippen LogP contribution in [0, 0.1) is 11.8 Å². The van der Waals surface area contributed by atoms with Gasteiger partial charge in [-0.05, 0) is 36.8 Å². The predicted octanol–water partition coefficient (Wildman–Crippen LogP) is 3.57. The van der Waals surface area contributed by atoms with Crippen LogP contribution in [0.25, 0.3) is 0 Å². The first-order valence-corrected chi connectivity index (χ1v) is 7.03. The molecule has 0 spiro atoms. The minimum absolute atomic E-state index is 0.377. The SMILES string of the molecule is CC1CC=CCC1COCc1ccc(C(=O)O)s1. The minimum atomic E-state index is -0.864. The van der Waals surface area contributed by atoms with Crippen molar-refractivity contribution in [2.75, 3.05) is 6.61 Å². The second kappa shape index (κ2) is 6.16. The lowest BCUT2D eigenvalue weighted by Gasteiger charge is -2.24. The Bertz CT molecular complexity index is 436. The lowest BCUT2D eigenvalue weighted by Crippen LogP contribution is -2.19. The van der Waals surface area contributed by atoms with Gasteiger partial charge in [0.1, 0.15) is 4.88 Å². The fourth-order valence-corrected chi connectivity index (χ4v) is 2.90. The van der Waals surface area contributed by atoms with E-state index < -0.39 is 5.97 Å². The van der Waals surface area contributed by atoms with Gasteiger partial charge in [-0.25, -0.2) is 4.79 Å². The van der Waals surface area contributed by atoms with Gasteiger partial charge < -0.3 is 9.84 Å². The molecule has 4 heteroatoms. The van der Waals surface area contributed by atoms with Gasteiger partial charge >= 0.3 is 5.97 Å². The van der Waals surface area contributed by atoms with E-state index in [0.29, 0.717) is 23.3 Å². The number of allylic oxidation sites excluding steroid dienone is 2. The molecule has 1 aliphatic carbocycles. The van der Waals surface area contributed by atoms with Crippen LogP contribution in [-0.2, 0) is 11.3 Å². The van der Waals surface area contributed by atoms with Crippen molar-refractivity contribution in [3.8, 4) is 0 Å². The van der Waals surface area contributed by atoms with Gasteiger partial charge in [-0.15, -0.1) is 11.3 Å².